The Labute approximate surface area is 226 Å². The molecule has 0 amide bonds. The molecule has 0 spiro atoms. The lowest BCUT2D eigenvalue weighted by molar-refractivity contribution is -0.145. The minimum Gasteiger partial charge on any atom is -0.461 e. The van der Waals surface area contributed by atoms with E-state index >= 15 is 0 Å². The van der Waals surface area contributed by atoms with Gasteiger partial charge in [-0.15, -0.1) is 0 Å². The Hall–Kier alpha value is -2.47. The molecule has 2 heterocycles. The van der Waals surface area contributed by atoms with E-state index in [9.17, 15) is 15.0 Å². The molecule has 3 fully saturated rings. The number of hydrogen-bond donors (Lipinski definition) is 2. The van der Waals surface area contributed by atoms with Crippen LogP contribution in [0.15, 0.2) is 72.3 Å². The van der Waals surface area contributed by atoms with E-state index in [1.165, 1.54) is 5.57 Å². The number of hydrogen-bond acceptors (Lipinski definition) is 5. The summed E-state index contributed by atoms with van der Waals surface area (Å²) in [6, 6.07) is 20.0. The number of aliphatic hydroxyl groups is 2. The molecule has 6 unspecified atom stereocenters. The van der Waals surface area contributed by atoms with Crippen molar-refractivity contribution in [2.24, 2.45) is 29.1 Å². The van der Waals surface area contributed by atoms with Crippen molar-refractivity contribution < 1.29 is 19.7 Å². The van der Waals surface area contributed by atoms with E-state index in [-0.39, 0.29) is 35.2 Å². The van der Waals surface area contributed by atoms with Crippen molar-refractivity contribution in [1.82, 2.24) is 4.90 Å². The van der Waals surface area contributed by atoms with Crippen LogP contribution in [0.1, 0.15) is 57.1 Å². The van der Waals surface area contributed by atoms with Crippen LogP contribution in [0.2, 0.25) is 0 Å². The highest BCUT2D eigenvalue weighted by Gasteiger charge is 2.60. The number of carbonyl (C=O) groups excluding carboxylic acids is 1. The Morgan fingerprint density at radius 3 is 2.21 bits per heavy atom. The van der Waals surface area contributed by atoms with Crippen molar-refractivity contribution in [2.75, 3.05) is 19.6 Å². The molecular weight excluding hydrogens is 474 g/mol. The number of nitrogens with zero attached hydrogens (tertiary/aromatic N) is 1. The summed E-state index contributed by atoms with van der Waals surface area (Å²) in [6.45, 7) is 6.67. The van der Waals surface area contributed by atoms with E-state index in [1.54, 1.807) is 0 Å². The van der Waals surface area contributed by atoms with Crippen LogP contribution in [0.25, 0.3) is 0 Å². The molecule has 4 aliphatic rings. The van der Waals surface area contributed by atoms with Gasteiger partial charge in [-0.25, -0.2) is 0 Å². The molecule has 2 aromatic rings. The number of rotatable bonds is 5. The topological polar surface area (TPSA) is 70.0 Å². The van der Waals surface area contributed by atoms with E-state index in [4.69, 9.17) is 4.74 Å². The van der Waals surface area contributed by atoms with Crippen LogP contribution >= 0.6 is 0 Å². The van der Waals surface area contributed by atoms with Gasteiger partial charge >= 0.3 is 5.97 Å². The van der Waals surface area contributed by atoms with E-state index < -0.39 is 11.7 Å². The van der Waals surface area contributed by atoms with Crippen LogP contribution in [0.5, 0.6) is 0 Å². The number of benzene rings is 2. The van der Waals surface area contributed by atoms with Crippen molar-refractivity contribution in [3.05, 3.63) is 83.4 Å². The molecule has 38 heavy (non-hydrogen) atoms. The highest BCUT2D eigenvalue weighted by Crippen LogP contribution is 2.56. The van der Waals surface area contributed by atoms with Gasteiger partial charge in [-0.05, 0) is 61.7 Å². The first kappa shape index (κ1) is 25.8. The predicted octanol–water partition coefficient (Wildman–Crippen LogP) is 4.92. The van der Waals surface area contributed by atoms with E-state index in [0.717, 1.165) is 56.3 Å². The van der Waals surface area contributed by atoms with Gasteiger partial charge in [0.2, 0.25) is 0 Å². The molecule has 6 rings (SSSR count). The molecule has 0 aromatic heterocycles. The lowest BCUT2D eigenvalue weighted by Crippen LogP contribution is -2.55. The third-order valence-electron chi connectivity index (χ3n) is 10.6. The van der Waals surface area contributed by atoms with Gasteiger partial charge in [0, 0.05) is 24.3 Å². The summed E-state index contributed by atoms with van der Waals surface area (Å²) in [5, 5.41) is 23.9. The Balaban J connectivity index is 1.18. The predicted molar refractivity (Wildman–Crippen MR) is 147 cm³/mol. The SMILES string of the molecule is CC1CCC=C2CC3OC(=O)C(CN4CCC(C(O)(c5ccccc5)c5ccccc5)CC4)C3C(O)C21C. The van der Waals surface area contributed by atoms with Crippen molar-refractivity contribution in [1.29, 1.82) is 0 Å². The second-order valence-corrected chi connectivity index (χ2v) is 12.4. The number of carbonyl (C=O) groups is 1. The van der Waals surface area contributed by atoms with Gasteiger partial charge < -0.3 is 19.8 Å². The number of fused-ring (bicyclic) bond motifs is 2. The molecule has 2 N–H and O–H groups in total. The first-order valence-electron chi connectivity index (χ1n) is 14.5. The highest BCUT2D eigenvalue weighted by molar-refractivity contribution is 5.76. The first-order chi connectivity index (χ1) is 18.3. The molecule has 2 aromatic carbocycles. The van der Waals surface area contributed by atoms with E-state index in [1.807, 2.05) is 60.7 Å². The Morgan fingerprint density at radius 2 is 1.61 bits per heavy atom. The summed E-state index contributed by atoms with van der Waals surface area (Å²) in [5.41, 5.74) is 1.80. The molecular formula is C33H41NO4. The molecule has 1 saturated carbocycles. The molecule has 5 heteroatoms. The maximum Gasteiger partial charge on any atom is 0.311 e. The third-order valence-corrected chi connectivity index (χ3v) is 10.6. The smallest absolute Gasteiger partial charge is 0.311 e. The van der Waals surface area contributed by atoms with Crippen LogP contribution in [0.4, 0.5) is 0 Å². The zero-order chi connectivity index (χ0) is 26.5. The summed E-state index contributed by atoms with van der Waals surface area (Å²) in [5.74, 6) is -0.155. The number of likely N-dealkylation sites (tertiary alicyclic amines) is 1. The third kappa shape index (κ3) is 4.06. The fourth-order valence-corrected chi connectivity index (χ4v) is 8.11. The van der Waals surface area contributed by atoms with Gasteiger partial charge in [-0.3, -0.25) is 4.79 Å². The second kappa shape index (κ2) is 9.93. The summed E-state index contributed by atoms with van der Waals surface area (Å²) in [6.07, 6.45) is 6.04. The monoisotopic (exact) mass is 515 g/mol. The summed E-state index contributed by atoms with van der Waals surface area (Å²) in [7, 11) is 0. The van der Waals surface area contributed by atoms with Crippen molar-refractivity contribution in [2.45, 2.75) is 63.8 Å². The quantitative estimate of drug-likeness (QED) is 0.437. The molecule has 0 radical (unpaired) electrons. The van der Waals surface area contributed by atoms with Crippen molar-refractivity contribution >= 4 is 5.97 Å². The number of aliphatic hydroxyl groups excluding tert-OH is 1. The lowest BCUT2D eigenvalue weighted by atomic mass is 9.55. The van der Waals surface area contributed by atoms with Crippen LogP contribution in [0, 0.1) is 29.1 Å². The van der Waals surface area contributed by atoms with Crippen LogP contribution in [0.3, 0.4) is 0 Å². The first-order valence-corrected chi connectivity index (χ1v) is 14.5. The molecule has 2 aliphatic carbocycles. The molecule has 2 aliphatic heterocycles. The Bertz CT molecular complexity index is 1130. The summed E-state index contributed by atoms with van der Waals surface area (Å²) in [4.78, 5) is 15.5. The van der Waals surface area contributed by atoms with Gasteiger partial charge in [0.25, 0.3) is 0 Å². The van der Waals surface area contributed by atoms with E-state index in [0.29, 0.717) is 12.5 Å². The van der Waals surface area contributed by atoms with Gasteiger partial charge in [-0.1, -0.05) is 86.2 Å². The molecule has 0 bridgehead atoms. The fraction of sp³-hybridized carbons (Fsp3) is 0.545. The normalized spacial score (nSPS) is 34.3. The standard InChI is InChI=1S/C33H41NO4/c1-22-10-9-15-26-20-28-29(30(35)32(22,26)2)27(31(36)38-28)21-34-18-16-25(17-19-34)33(37,23-11-5-3-6-12-23)24-13-7-4-8-14-24/h3-8,11-15,22,25,27-30,35,37H,9-10,16-21H2,1-2H3. The van der Waals surface area contributed by atoms with Gasteiger partial charge in [-0.2, -0.15) is 0 Å². The van der Waals surface area contributed by atoms with E-state index in [2.05, 4.69) is 24.8 Å². The average molecular weight is 516 g/mol. The summed E-state index contributed by atoms with van der Waals surface area (Å²) >= 11 is 0. The Kier molecular flexibility index (Phi) is 6.74. The number of allylic oxidation sites excluding steroid dienone is 1. The maximum absolute atomic E-state index is 13.1. The molecule has 2 saturated heterocycles. The average Bonchev–Trinajstić information content (AvgIpc) is 3.26. The van der Waals surface area contributed by atoms with Gasteiger partial charge in [0.05, 0.1) is 12.0 Å². The van der Waals surface area contributed by atoms with Crippen molar-refractivity contribution in [3.8, 4) is 0 Å². The number of esters is 1. The Morgan fingerprint density at radius 1 is 1.00 bits per heavy atom. The second-order valence-electron chi connectivity index (χ2n) is 12.4. The van der Waals surface area contributed by atoms with Gasteiger partial charge in [0.15, 0.2) is 0 Å². The molecule has 202 valence electrons. The maximum atomic E-state index is 13.1. The zero-order valence-corrected chi connectivity index (χ0v) is 22.6. The summed E-state index contributed by atoms with van der Waals surface area (Å²) < 4.78 is 5.90. The largest absolute Gasteiger partial charge is 0.461 e. The lowest BCUT2D eigenvalue weighted by Gasteiger charge is -2.52. The van der Waals surface area contributed by atoms with Crippen molar-refractivity contribution in [3.63, 3.8) is 0 Å². The van der Waals surface area contributed by atoms with Crippen LogP contribution in [-0.4, -0.2) is 52.9 Å². The minimum atomic E-state index is -1.06. The molecule has 5 nitrogen and oxygen atoms in total. The minimum absolute atomic E-state index is 0.0711. The molecule has 6 atom stereocenters. The zero-order valence-electron chi connectivity index (χ0n) is 22.6. The van der Waals surface area contributed by atoms with Crippen LogP contribution < -0.4 is 0 Å². The van der Waals surface area contributed by atoms with Crippen LogP contribution in [-0.2, 0) is 15.1 Å². The fourth-order valence-electron chi connectivity index (χ4n) is 8.11. The number of ether oxygens (including phenoxy) is 1. The highest BCUT2D eigenvalue weighted by atomic mass is 16.6. The number of piperidine rings is 1. The van der Waals surface area contributed by atoms with Gasteiger partial charge in [0.1, 0.15) is 11.7 Å².